The van der Waals surface area contributed by atoms with Crippen molar-refractivity contribution in [3.63, 3.8) is 0 Å². The molecule has 4 fully saturated rings. The zero-order valence-corrected chi connectivity index (χ0v) is 14.3. The van der Waals surface area contributed by atoms with E-state index < -0.39 is 0 Å². The van der Waals surface area contributed by atoms with Gasteiger partial charge < -0.3 is 20.1 Å². The Kier molecular flexibility index (Phi) is 3.47. The van der Waals surface area contributed by atoms with Gasteiger partial charge in [-0.3, -0.25) is 4.79 Å². The van der Waals surface area contributed by atoms with E-state index in [-0.39, 0.29) is 17.4 Å². The van der Waals surface area contributed by atoms with Gasteiger partial charge >= 0.3 is 0 Å². The summed E-state index contributed by atoms with van der Waals surface area (Å²) in [6, 6.07) is 14.7. The molecule has 3 atom stereocenters. The van der Waals surface area contributed by atoms with E-state index in [1.165, 1.54) is 5.56 Å². The number of aromatic amines is 1. The Morgan fingerprint density at radius 2 is 1.76 bits per heavy atom. The van der Waals surface area contributed by atoms with Crippen molar-refractivity contribution in [3.8, 4) is 0 Å². The third-order valence-corrected chi connectivity index (χ3v) is 6.27. The number of piperidine rings is 2. The van der Waals surface area contributed by atoms with Crippen molar-refractivity contribution in [3.05, 3.63) is 59.9 Å². The maximum atomic E-state index is 12.8. The summed E-state index contributed by atoms with van der Waals surface area (Å²) in [6.45, 7) is 6.51. The molecule has 2 N–H and O–H groups in total. The summed E-state index contributed by atoms with van der Waals surface area (Å²) in [5.74, 6) is 0.491. The van der Waals surface area contributed by atoms with Gasteiger partial charge in [-0.05, 0) is 17.7 Å². The lowest BCUT2D eigenvalue weighted by Crippen LogP contribution is -2.70. The van der Waals surface area contributed by atoms with Gasteiger partial charge in [-0.15, -0.1) is 0 Å². The van der Waals surface area contributed by atoms with Gasteiger partial charge in [-0.2, -0.15) is 0 Å². The molecule has 25 heavy (non-hydrogen) atoms. The van der Waals surface area contributed by atoms with Crippen LogP contribution in [0.2, 0.25) is 0 Å². The molecule has 1 amide bonds. The second-order valence-electron chi connectivity index (χ2n) is 7.79. The van der Waals surface area contributed by atoms with Gasteiger partial charge in [0.25, 0.3) is 5.91 Å². The fourth-order valence-corrected chi connectivity index (χ4v) is 5.26. The van der Waals surface area contributed by atoms with Crippen LogP contribution in [0.5, 0.6) is 0 Å². The molecule has 0 saturated carbocycles. The third kappa shape index (κ3) is 2.41. The lowest BCUT2D eigenvalue weighted by Gasteiger charge is -2.55. The van der Waals surface area contributed by atoms with E-state index in [1.807, 2.05) is 12.1 Å². The van der Waals surface area contributed by atoms with Crippen molar-refractivity contribution >= 4 is 5.91 Å². The molecule has 1 aromatic carbocycles. The van der Waals surface area contributed by atoms with E-state index in [0.717, 1.165) is 39.3 Å². The molecule has 4 saturated heterocycles. The van der Waals surface area contributed by atoms with Gasteiger partial charge in [-0.25, -0.2) is 0 Å². The average Bonchev–Trinajstić information content (AvgIpc) is 3.05. The maximum absolute atomic E-state index is 12.8. The second kappa shape index (κ2) is 5.71. The van der Waals surface area contributed by atoms with Crippen molar-refractivity contribution in [2.24, 2.45) is 5.92 Å². The molecule has 5 heteroatoms. The summed E-state index contributed by atoms with van der Waals surface area (Å²) < 4.78 is 0. The number of carbonyl (C=O) groups excluding carboxylic acids is 1. The zero-order valence-electron chi connectivity index (χ0n) is 14.3. The van der Waals surface area contributed by atoms with Crippen LogP contribution in [-0.4, -0.2) is 66.0 Å². The molecule has 4 bridgehead atoms. The Morgan fingerprint density at radius 3 is 2.40 bits per heavy atom. The molecule has 130 valence electrons. The molecule has 3 unspecified atom stereocenters. The molecule has 1 aromatic heterocycles. The predicted molar refractivity (Wildman–Crippen MR) is 96.5 cm³/mol. The fourth-order valence-electron chi connectivity index (χ4n) is 5.26. The number of hydrogen-bond acceptors (Lipinski definition) is 3. The Morgan fingerprint density at radius 1 is 1.04 bits per heavy atom. The van der Waals surface area contributed by atoms with Crippen LogP contribution < -0.4 is 5.32 Å². The molecular weight excluding hydrogens is 312 g/mol. The molecule has 5 heterocycles. The van der Waals surface area contributed by atoms with Crippen LogP contribution in [0.4, 0.5) is 0 Å². The van der Waals surface area contributed by atoms with Gasteiger partial charge in [0.1, 0.15) is 5.69 Å². The van der Waals surface area contributed by atoms with Gasteiger partial charge in [0.15, 0.2) is 0 Å². The fraction of sp³-hybridized carbons (Fsp3) is 0.450. The summed E-state index contributed by atoms with van der Waals surface area (Å²) in [5.41, 5.74) is 1.98. The van der Waals surface area contributed by atoms with Crippen LogP contribution in [0, 0.1) is 5.92 Å². The van der Waals surface area contributed by atoms with Crippen molar-refractivity contribution in [1.29, 1.82) is 0 Å². The Labute approximate surface area is 148 Å². The SMILES string of the molecule is O=C(NC1C2CN3CCN(C2)CC1(c1ccccc1)C3)c1ccc[nH]1. The molecule has 4 aliphatic rings. The van der Waals surface area contributed by atoms with Crippen molar-refractivity contribution in [2.45, 2.75) is 11.5 Å². The number of amides is 1. The molecule has 2 aromatic rings. The number of rotatable bonds is 3. The topological polar surface area (TPSA) is 51.4 Å². The number of fused-ring (bicyclic) bond motifs is 1. The number of carbonyl (C=O) groups is 1. The molecule has 4 aliphatic heterocycles. The average molecular weight is 336 g/mol. The first-order chi connectivity index (χ1) is 12.2. The first kappa shape index (κ1) is 15.2. The zero-order chi connectivity index (χ0) is 16.9. The highest BCUT2D eigenvalue weighted by Crippen LogP contribution is 2.43. The summed E-state index contributed by atoms with van der Waals surface area (Å²) in [6.07, 6.45) is 1.81. The largest absolute Gasteiger partial charge is 0.357 e. The van der Waals surface area contributed by atoms with Crippen LogP contribution in [0.3, 0.4) is 0 Å². The minimum Gasteiger partial charge on any atom is -0.357 e. The highest BCUT2D eigenvalue weighted by Gasteiger charge is 2.55. The van der Waals surface area contributed by atoms with Crippen LogP contribution in [-0.2, 0) is 5.41 Å². The van der Waals surface area contributed by atoms with Crippen LogP contribution in [0.15, 0.2) is 48.7 Å². The number of hydrogen-bond donors (Lipinski definition) is 2. The highest BCUT2D eigenvalue weighted by atomic mass is 16.2. The highest BCUT2D eigenvalue weighted by molar-refractivity contribution is 5.92. The quantitative estimate of drug-likeness (QED) is 0.889. The number of nitrogens with one attached hydrogen (secondary N) is 2. The summed E-state index contributed by atoms with van der Waals surface area (Å²) in [4.78, 5) is 21.0. The lowest BCUT2D eigenvalue weighted by molar-refractivity contribution is 0.0179. The standard InChI is InChI=1S/C20H24N4O/c25-19(17-7-4-8-21-17)22-18-15-11-23-9-10-24(12-15)14-20(18,13-23)16-5-2-1-3-6-16/h1-8,15,18,21H,9-14H2,(H,22,25). The second-order valence-corrected chi connectivity index (χ2v) is 7.79. The van der Waals surface area contributed by atoms with E-state index in [9.17, 15) is 4.79 Å². The van der Waals surface area contributed by atoms with Gasteiger partial charge in [0.05, 0.1) is 0 Å². The Bertz CT molecular complexity index is 741. The first-order valence-electron chi connectivity index (χ1n) is 9.19. The monoisotopic (exact) mass is 336 g/mol. The van der Waals surface area contributed by atoms with E-state index in [2.05, 4.69) is 50.4 Å². The van der Waals surface area contributed by atoms with E-state index in [1.54, 1.807) is 6.20 Å². The molecule has 0 radical (unpaired) electrons. The molecule has 0 spiro atoms. The van der Waals surface area contributed by atoms with Crippen molar-refractivity contribution in [2.75, 3.05) is 39.3 Å². The minimum atomic E-state index is -0.0266. The molecule has 0 aliphatic carbocycles. The first-order valence-corrected chi connectivity index (χ1v) is 9.19. The lowest BCUT2D eigenvalue weighted by atomic mass is 9.64. The smallest absolute Gasteiger partial charge is 0.267 e. The Balaban J connectivity index is 1.55. The number of aromatic nitrogens is 1. The van der Waals surface area contributed by atoms with Crippen molar-refractivity contribution < 1.29 is 4.79 Å². The molecular formula is C20H24N4O. The third-order valence-electron chi connectivity index (χ3n) is 6.27. The van der Waals surface area contributed by atoms with E-state index in [0.29, 0.717) is 11.6 Å². The van der Waals surface area contributed by atoms with Crippen molar-refractivity contribution in [1.82, 2.24) is 20.1 Å². The molecule has 6 rings (SSSR count). The van der Waals surface area contributed by atoms with Gasteiger partial charge in [-0.1, -0.05) is 30.3 Å². The van der Waals surface area contributed by atoms with Gasteiger partial charge in [0, 0.05) is 62.8 Å². The summed E-state index contributed by atoms with van der Waals surface area (Å²) in [7, 11) is 0. The number of H-pyrrole nitrogens is 1. The maximum Gasteiger partial charge on any atom is 0.267 e. The van der Waals surface area contributed by atoms with Crippen LogP contribution >= 0.6 is 0 Å². The number of benzene rings is 1. The van der Waals surface area contributed by atoms with E-state index in [4.69, 9.17) is 0 Å². The van der Waals surface area contributed by atoms with Crippen LogP contribution in [0.25, 0.3) is 0 Å². The molecule has 5 nitrogen and oxygen atoms in total. The normalized spacial score (nSPS) is 36.2. The summed E-state index contributed by atoms with van der Waals surface area (Å²) >= 11 is 0. The van der Waals surface area contributed by atoms with Crippen LogP contribution in [0.1, 0.15) is 16.1 Å². The minimum absolute atomic E-state index is 0.0152. The predicted octanol–water partition coefficient (Wildman–Crippen LogP) is 1.31. The Hall–Kier alpha value is -2.11. The summed E-state index contributed by atoms with van der Waals surface area (Å²) in [5, 5.41) is 3.41. The number of nitrogens with zero attached hydrogens (tertiary/aromatic N) is 2. The van der Waals surface area contributed by atoms with Gasteiger partial charge in [0.2, 0.25) is 0 Å². The van der Waals surface area contributed by atoms with E-state index >= 15 is 0 Å².